The fourth-order valence-corrected chi connectivity index (χ4v) is 5.04. The van der Waals surface area contributed by atoms with Gasteiger partial charge in [-0.1, -0.05) is 39.5 Å². The Morgan fingerprint density at radius 1 is 1.11 bits per heavy atom. The van der Waals surface area contributed by atoms with E-state index >= 15 is 0 Å². The summed E-state index contributed by atoms with van der Waals surface area (Å²) < 4.78 is 9.58. The Labute approximate surface area is 217 Å². The molecule has 0 unspecified atom stereocenters. The lowest BCUT2D eigenvalue weighted by atomic mass is 10.1. The molecule has 0 bridgehead atoms. The molecule has 1 aromatic rings. The van der Waals surface area contributed by atoms with Crippen LogP contribution < -0.4 is 10.2 Å². The topological polar surface area (TPSA) is 137 Å². The molecule has 11 nitrogen and oxygen atoms in total. The molecule has 0 saturated heterocycles. The van der Waals surface area contributed by atoms with Gasteiger partial charge in [-0.05, 0) is 50.1 Å². The quantitative estimate of drug-likeness (QED) is 0.204. The smallest absolute Gasteiger partial charge is 0.329 e. The standard InChI is InChI=1S/C14H19ClN4O4.C10H19NO2/c1-3-10(13(20)23-2)18(9-6-4-5-7-9)12-11(19(21)22)8-16-14(15)17-12;1-3-9(10(12)13-2)11-8-6-4-5-7-8/h8-10H,3-7H2,1-2H3;8-9,11H,3-7H2,1-2H3/t10-;9-/m00/s1. The molecule has 3 rings (SSSR count). The summed E-state index contributed by atoms with van der Waals surface area (Å²) in [4.78, 5) is 43.6. The van der Waals surface area contributed by atoms with Crippen molar-refractivity contribution >= 4 is 35.0 Å². The van der Waals surface area contributed by atoms with Crippen LogP contribution in [0.15, 0.2) is 6.20 Å². The maximum absolute atomic E-state index is 12.2. The average molecular weight is 528 g/mol. The van der Waals surface area contributed by atoms with Gasteiger partial charge in [0.1, 0.15) is 18.3 Å². The lowest BCUT2D eigenvalue weighted by Crippen LogP contribution is -2.47. The number of nitrogens with zero attached hydrogens (tertiary/aromatic N) is 4. The van der Waals surface area contributed by atoms with E-state index in [4.69, 9.17) is 21.1 Å². The highest BCUT2D eigenvalue weighted by molar-refractivity contribution is 6.28. The Hall–Kier alpha value is -2.53. The van der Waals surface area contributed by atoms with Crippen LogP contribution >= 0.6 is 11.6 Å². The van der Waals surface area contributed by atoms with Gasteiger partial charge in [0.25, 0.3) is 0 Å². The average Bonchev–Trinajstić information content (AvgIpc) is 3.59. The van der Waals surface area contributed by atoms with Crippen molar-refractivity contribution in [1.82, 2.24) is 15.3 Å². The number of halogens is 1. The first-order chi connectivity index (χ1) is 17.3. The maximum Gasteiger partial charge on any atom is 0.329 e. The van der Waals surface area contributed by atoms with Crippen LogP contribution in [0.3, 0.4) is 0 Å². The van der Waals surface area contributed by atoms with E-state index in [2.05, 4.69) is 15.3 Å². The van der Waals surface area contributed by atoms with Crippen LogP contribution in [0.5, 0.6) is 0 Å². The summed E-state index contributed by atoms with van der Waals surface area (Å²) in [6, 6.07) is -0.228. The van der Waals surface area contributed by atoms with Gasteiger partial charge < -0.3 is 19.7 Å². The molecule has 2 aliphatic rings. The van der Waals surface area contributed by atoms with Crippen LogP contribution in [-0.2, 0) is 19.1 Å². The SMILES string of the molecule is CC[C@@H](C(=O)OC)N(c1nc(Cl)ncc1[N+](=O)[O-])C1CCCC1.CC[C@H](NC1CCCC1)C(=O)OC. The van der Waals surface area contributed by atoms with Gasteiger partial charge in [-0.15, -0.1) is 0 Å². The fourth-order valence-electron chi connectivity index (χ4n) is 4.91. The Kier molecular flexibility index (Phi) is 12.3. The number of hydrogen-bond acceptors (Lipinski definition) is 10. The maximum atomic E-state index is 12.2. The van der Waals surface area contributed by atoms with Gasteiger partial charge >= 0.3 is 17.6 Å². The second kappa shape index (κ2) is 14.9. The minimum Gasteiger partial charge on any atom is -0.468 e. The number of ether oxygens (including phenoxy) is 2. The summed E-state index contributed by atoms with van der Waals surface area (Å²) in [5.74, 6) is -0.489. The van der Waals surface area contributed by atoms with Crippen LogP contribution in [0.25, 0.3) is 0 Å². The Morgan fingerprint density at radius 2 is 1.69 bits per heavy atom. The molecule has 0 aliphatic heterocycles. The van der Waals surface area contributed by atoms with Crippen molar-refractivity contribution in [1.29, 1.82) is 0 Å². The first-order valence-electron chi connectivity index (χ1n) is 12.6. The summed E-state index contributed by atoms with van der Waals surface area (Å²) >= 11 is 5.85. The third kappa shape index (κ3) is 7.99. The van der Waals surface area contributed by atoms with E-state index in [-0.39, 0.29) is 34.8 Å². The third-order valence-electron chi connectivity index (χ3n) is 6.76. The van der Waals surface area contributed by atoms with Gasteiger partial charge in [0, 0.05) is 12.1 Å². The summed E-state index contributed by atoms with van der Waals surface area (Å²) in [5.41, 5.74) is -0.261. The summed E-state index contributed by atoms with van der Waals surface area (Å²) in [5, 5.41) is 14.6. The Balaban J connectivity index is 0.000000297. The largest absolute Gasteiger partial charge is 0.468 e. The lowest BCUT2D eigenvalue weighted by molar-refractivity contribution is -0.384. The van der Waals surface area contributed by atoms with E-state index in [1.165, 1.54) is 39.9 Å². The third-order valence-corrected chi connectivity index (χ3v) is 6.94. The second-order valence-electron chi connectivity index (χ2n) is 9.03. The van der Waals surface area contributed by atoms with Gasteiger partial charge in [-0.2, -0.15) is 4.98 Å². The Morgan fingerprint density at radius 3 is 2.19 bits per heavy atom. The van der Waals surface area contributed by atoms with Gasteiger partial charge in [0.2, 0.25) is 11.1 Å². The van der Waals surface area contributed by atoms with Gasteiger partial charge in [-0.25, -0.2) is 9.78 Å². The molecular formula is C24H38ClN5O6. The van der Waals surface area contributed by atoms with E-state index in [9.17, 15) is 19.7 Å². The molecule has 0 aromatic carbocycles. The van der Waals surface area contributed by atoms with Crippen LogP contribution in [-0.4, -0.2) is 65.2 Å². The summed E-state index contributed by atoms with van der Waals surface area (Å²) in [6.07, 6.45) is 11.0. The highest BCUT2D eigenvalue weighted by Gasteiger charge is 2.37. The highest BCUT2D eigenvalue weighted by Crippen LogP contribution is 2.35. The molecule has 36 heavy (non-hydrogen) atoms. The molecule has 0 spiro atoms. The number of rotatable bonds is 10. The van der Waals surface area contributed by atoms with Gasteiger partial charge in [-0.3, -0.25) is 14.9 Å². The van der Waals surface area contributed by atoms with Crippen LogP contribution in [0.2, 0.25) is 5.28 Å². The van der Waals surface area contributed by atoms with Crippen LogP contribution in [0.4, 0.5) is 11.5 Å². The van der Waals surface area contributed by atoms with Crippen LogP contribution in [0.1, 0.15) is 78.1 Å². The fraction of sp³-hybridized carbons (Fsp3) is 0.750. The number of hydrogen-bond donors (Lipinski definition) is 1. The van der Waals surface area contributed by atoms with Crippen molar-refractivity contribution in [2.45, 2.75) is 102 Å². The van der Waals surface area contributed by atoms with Crippen molar-refractivity contribution in [3.8, 4) is 0 Å². The number of methoxy groups -OCH3 is 2. The van der Waals surface area contributed by atoms with Gasteiger partial charge in [0.05, 0.1) is 19.1 Å². The lowest BCUT2D eigenvalue weighted by Gasteiger charge is -2.34. The Bertz CT molecular complexity index is 877. The van der Waals surface area contributed by atoms with Crippen LogP contribution in [0, 0.1) is 10.1 Å². The molecule has 2 fully saturated rings. The summed E-state index contributed by atoms with van der Waals surface area (Å²) in [6.45, 7) is 3.84. The molecule has 0 radical (unpaired) electrons. The number of nitro groups is 1. The first kappa shape index (κ1) is 29.7. The monoisotopic (exact) mass is 527 g/mol. The molecule has 0 amide bonds. The number of aromatic nitrogens is 2. The van der Waals surface area contributed by atoms with Crippen molar-refractivity contribution in [3.05, 3.63) is 21.6 Å². The molecule has 2 aliphatic carbocycles. The molecule has 202 valence electrons. The van der Waals surface area contributed by atoms with Crippen molar-refractivity contribution in [2.24, 2.45) is 0 Å². The van der Waals surface area contributed by atoms with E-state index in [0.29, 0.717) is 12.5 Å². The predicted molar refractivity (Wildman–Crippen MR) is 136 cm³/mol. The normalized spacial score (nSPS) is 17.6. The minimum atomic E-state index is -0.646. The number of nitrogens with one attached hydrogen (secondary N) is 1. The first-order valence-corrected chi connectivity index (χ1v) is 13.0. The van der Waals surface area contributed by atoms with E-state index in [1.807, 2.05) is 13.8 Å². The predicted octanol–water partition coefficient (Wildman–Crippen LogP) is 4.21. The molecule has 2 saturated carbocycles. The van der Waals surface area contributed by atoms with E-state index in [1.54, 1.807) is 4.90 Å². The molecule has 12 heteroatoms. The second-order valence-corrected chi connectivity index (χ2v) is 9.37. The van der Waals surface area contributed by atoms with E-state index in [0.717, 1.165) is 38.3 Å². The van der Waals surface area contributed by atoms with Gasteiger partial charge in [0.15, 0.2) is 0 Å². The van der Waals surface area contributed by atoms with E-state index < -0.39 is 16.9 Å². The minimum absolute atomic E-state index is 0.0104. The van der Waals surface area contributed by atoms with Crippen molar-refractivity contribution in [2.75, 3.05) is 19.1 Å². The molecule has 1 aromatic heterocycles. The molecular weight excluding hydrogens is 490 g/mol. The molecule has 2 atom stereocenters. The number of carbonyl (C=O) groups excluding carboxylic acids is 2. The number of anilines is 1. The zero-order chi connectivity index (χ0) is 26.7. The highest BCUT2D eigenvalue weighted by atomic mass is 35.5. The molecule has 1 heterocycles. The summed E-state index contributed by atoms with van der Waals surface area (Å²) in [7, 11) is 2.75. The zero-order valence-corrected chi connectivity index (χ0v) is 22.3. The van der Waals surface area contributed by atoms with Crippen molar-refractivity contribution in [3.63, 3.8) is 0 Å². The number of esters is 2. The number of carbonyl (C=O) groups is 2. The van der Waals surface area contributed by atoms with Crippen molar-refractivity contribution < 1.29 is 24.0 Å². The molecule has 1 N–H and O–H groups in total. The zero-order valence-electron chi connectivity index (χ0n) is 21.6.